The van der Waals surface area contributed by atoms with E-state index in [2.05, 4.69) is 21.2 Å². The highest BCUT2D eigenvalue weighted by atomic mass is 79.9. The minimum absolute atomic E-state index is 0.116. The summed E-state index contributed by atoms with van der Waals surface area (Å²) in [6.45, 7) is 0.305. The normalized spacial score (nSPS) is 10.1. The van der Waals surface area contributed by atoms with Gasteiger partial charge in [-0.3, -0.25) is 4.79 Å². The predicted octanol–water partition coefficient (Wildman–Crippen LogP) is 3.68. The summed E-state index contributed by atoms with van der Waals surface area (Å²) in [5.41, 5.74) is 1.84. The molecule has 0 aliphatic rings. The highest BCUT2D eigenvalue weighted by Gasteiger charge is 2.09. The Balaban J connectivity index is 1.96. The van der Waals surface area contributed by atoms with Crippen molar-refractivity contribution in [2.75, 3.05) is 19.0 Å². The van der Waals surface area contributed by atoms with Crippen LogP contribution < -0.4 is 10.1 Å². The summed E-state index contributed by atoms with van der Waals surface area (Å²) in [5.74, 6) is 0.853. The van der Waals surface area contributed by atoms with Crippen molar-refractivity contribution in [2.24, 2.45) is 0 Å². The smallest absolute Gasteiger partial charge is 0.156 e. The van der Waals surface area contributed by atoms with Gasteiger partial charge in [0.05, 0.1) is 13.7 Å². The van der Waals surface area contributed by atoms with E-state index in [0.717, 1.165) is 21.5 Å². The number of benzene rings is 2. The number of nitrogens with one attached hydrogen (secondary N) is 1. The maximum absolute atomic E-state index is 12.0. The number of ketones is 1. The lowest BCUT2D eigenvalue weighted by Crippen LogP contribution is -2.16. The second-order valence-electron chi connectivity index (χ2n) is 4.39. The van der Waals surface area contributed by atoms with Crippen LogP contribution in [0.3, 0.4) is 0 Å². The van der Waals surface area contributed by atoms with E-state index in [9.17, 15) is 4.79 Å². The molecule has 0 bridgehead atoms. The number of para-hydroxylation sites is 1. The summed E-state index contributed by atoms with van der Waals surface area (Å²) in [7, 11) is 1.61. The van der Waals surface area contributed by atoms with Gasteiger partial charge in [0.15, 0.2) is 5.78 Å². The Morgan fingerprint density at radius 3 is 2.65 bits per heavy atom. The Labute approximate surface area is 127 Å². The number of rotatable bonds is 6. The number of Topliss-reactive ketones (excluding diaryl/α,β-unsaturated/α-hetero) is 1. The second kappa shape index (κ2) is 7.10. The quantitative estimate of drug-likeness (QED) is 0.876. The van der Waals surface area contributed by atoms with Crippen molar-refractivity contribution in [3.8, 4) is 5.75 Å². The minimum Gasteiger partial charge on any atom is -0.496 e. The summed E-state index contributed by atoms with van der Waals surface area (Å²) in [4.78, 5) is 12.0. The van der Waals surface area contributed by atoms with Gasteiger partial charge in [-0.25, -0.2) is 0 Å². The minimum atomic E-state index is 0.116. The fraction of sp³-hybridized carbons (Fsp3) is 0.188. The standard InChI is InChI=1S/C16H16BrNO2/c1-20-16-8-7-13(17)9-12(16)10-15(19)11-18-14-5-3-2-4-6-14/h2-9,18H,10-11H2,1H3. The average Bonchev–Trinajstić information content (AvgIpc) is 2.46. The van der Waals surface area contributed by atoms with Gasteiger partial charge in [-0.15, -0.1) is 0 Å². The van der Waals surface area contributed by atoms with Crippen LogP contribution >= 0.6 is 15.9 Å². The second-order valence-corrected chi connectivity index (χ2v) is 5.31. The molecule has 0 atom stereocenters. The number of methoxy groups -OCH3 is 1. The van der Waals surface area contributed by atoms with E-state index in [1.807, 2.05) is 48.5 Å². The lowest BCUT2D eigenvalue weighted by molar-refractivity contribution is -0.116. The third-order valence-corrected chi connectivity index (χ3v) is 3.39. The van der Waals surface area contributed by atoms with Crippen LogP contribution in [0.15, 0.2) is 53.0 Å². The molecule has 0 heterocycles. The van der Waals surface area contributed by atoms with Crippen LogP contribution in [-0.4, -0.2) is 19.4 Å². The molecule has 3 nitrogen and oxygen atoms in total. The Morgan fingerprint density at radius 1 is 1.20 bits per heavy atom. The van der Waals surface area contributed by atoms with E-state index >= 15 is 0 Å². The summed E-state index contributed by atoms with van der Waals surface area (Å²) in [6, 6.07) is 15.4. The molecule has 104 valence electrons. The van der Waals surface area contributed by atoms with Crippen molar-refractivity contribution >= 4 is 27.4 Å². The molecule has 0 aliphatic carbocycles. The predicted molar refractivity (Wildman–Crippen MR) is 84.3 cm³/mol. The topological polar surface area (TPSA) is 38.3 Å². The largest absolute Gasteiger partial charge is 0.496 e. The third kappa shape index (κ3) is 4.10. The zero-order valence-corrected chi connectivity index (χ0v) is 12.8. The molecule has 0 radical (unpaired) electrons. The van der Waals surface area contributed by atoms with E-state index in [4.69, 9.17) is 4.74 Å². The Bertz CT molecular complexity index is 584. The molecule has 20 heavy (non-hydrogen) atoms. The van der Waals surface area contributed by atoms with Gasteiger partial charge in [0.25, 0.3) is 0 Å². The number of carbonyl (C=O) groups is 1. The molecule has 0 fully saturated rings. The van der Waals surface area contributed by atoms with Crippen LogP contribution in [0.2, 0.25) is 0 Å². The molecular weight excluding hydrogens is 318 g/mol. The van der Waals surface area contributed by atoms with Crippen molar-refractivity contribution in [3.05, 3.63) is 58.6 Å². The molecule has 0 amide bonds. The summed E-state index contributed by atoms with van der Waals surface area (Å²) >= 11 is 3.41. The molecule has 0 aromatic heterocycles. The molecule has 0 aliphatic heterocycles. The van der Waals surface area contributed by atoms with E-state index < -0.39 is 0 Å². The number of carbonyl (C=O) groups excluding carboxylic acids is 1. The summed E-state index contributed by atoms with van der Waals surface area (Å²) in [6.07, 6.45) is 0.350. The summed E-state index contributed by atoms with van der Waals surface area (Å²) in [5, 5.41) is 3.11. The molecule has 0 saturated carbocycles. The van der Waals surface area contributed by atoms with Gasteiger partial charge >= 0.3 is 0 Å². The molecule has 0 saturated heterocycles. The van der Waals surface area contributed by atoms with Gasteiger partial charge in [-0.1, -0.05) is 34.1 Å². The highest BCUT2D eigenvalue weighted by Crippen LogP contribution is 2.23. The lowest BCUT2D eigenvalue weighted by Gasteiger charge is -2.09. The van der Waals surface area contributed by atoms with Gasteiger partial charge in [0.2, 0.25) is 0 Å². The number of hydrogen-bond donors (Lipinski definition) is 1. The number of halogens is 1. The van der Waals surface area contributed by atoms with Crippen LogP contribution in [0.5, 0.6) is 5.75 Å². The van der Waals surface area contributed by atoms with Crippen LogP contribution in [0.1, 0.15) is 5.56 Å². The molecule has 0 spiro atoms. The van der Waals surface area contributed by atoms with Crippen LogP contribution in [0.25, 0.3) is 0 Å². The Hall–Kier alpha value is -1.81. The maximum Gasteiger partial charge on any atom is 0.156 e. The zero-order valence-electron chi connectivity index (χ0n) is 11.2. The first-order chi connectivity index (χ1) is 9.69. The SMILES string of the molecule is COc1ccc(Br)cc1CC(=O)CNc1ccccc1. The van der Waals surface area contributed by atoms with Gasteiger partial charge in [-0.2, -0.15) is 0 Å². The van der Waals surface area contributed by atoms with Gasteiger partial charge in [-0.05, 0) is 30.3 Å². The first-order valence-electron chi connectivity index (χ1n) is 6.32. The van der Waals surface area contributed by atoms with Crippen molar-refractivity contribution in [1.82, 2.24) is 0 Å². The third-order valence-electron chi connectivity index (χ3n) is 2.89. The molecule has 1 N–H and O–H groups in total. The molecule has 2 aromatic carbocycles. The van der Waals surface area contributed by atoms with Gasteiger partial charge in [0.1, 0.15) is 5.75 Å². The number of hydrogen-bond acceptors (Lipinski definition) is 3. The van der Waals surface area contributed by atoms with E-state index in [0.29, 0.717) is 13.0 Å². The average molecular weight is 334 g/mol. The van der Waals surface area contributed by atoms with E-state index in [1.165, 1.54) is 0 Å². The molecule has 2 rings (SSSR count). The fourth-order valence-corrected chi connectivity index (χ4v) is 2.33. The summed E-state index contributed by atoms with van der Waals surface area (Å²) < 4.78 is 6.21. The number of ether oxygens (including phenoxy) is 1. The Kier molecular flexibility index (Phi) is 5.18. The molecular formula is C16H16BrNO2. The zero-order chi connectivity index (χ0) is 14.4. The molecule has 0 unspecified atom stereocenters. The van der Waals surface area contributed by atoms with E-state index in [-0.39, 0.29) is 5.78 Å². The van der Waals surface area contributed by atoms with Crippen molar-refractivity contribution in [2.45, 2.75) is 6.42 Å². The van der Waals surface area contributed by atoms with Gasteiger partial charge in [0, 0.05) is 22.1 Å². The number of anilines is 1. The Morgan fingerprint density at radius 2 is 1.95 bits per heavy atom. The van der Waals surface area contributed by atoms with Crippen LogP contribution in [0.4, 0.5) is 5.69 Å². The van der Waals surface area contributed by atoms with Crippen LogP contribution in [-0.2, 0) is 11.2 Å². The highest BCUT2D eigenvalue weighted by molar-refractivity contribution is 9.10. The first kappa shape index (κ1) is 14.6. The van der Waals surface area contributed by atoms with Crippen LogP contribution in [0, 0.1) is 0 Å². The first-order valence-corrected chi connectivity index (χ1v) is 7.11. The van der Waals surface area contributed by atoms with E-state index in [1.54, 1.807) is 7.11 Å². The van der Waals surface area contributed by atoms with Gasteiger partial charge < -0.3 is 10.1 Å². The van der Waals surface area contributed by atoms with Crippen molar-refractivity contribution in [1.29, 1.82) is 0 Å². The maximum atomic E-state index is 12.0. The fourth-order valence-electron chi connectivity index (χ4n) is 1.92. The van der Waals surface area contributed by atoms with Crippen molar-refractivity contribution < 1.29 is 9.53 Å². The molecule has 2 aromatic rings. The van der Waals surface area contributed by atoms with Crippen molar-refractivity contribution in [3.63, 3.8) is 0 Å². The molecule has 4 heteroatoms. The lowest BCUT2D eigenvalue weighted by atomic mass is 10.1. The monoisotopic (exact) mass is 333 g/mol.